The monoisotopic (exact) mass is 186 g/mol. The molecule has 0 unspecified atom stereocenters. The maximum absolute atomic E-state index is 10.4. The Kier molecular flexibility index (Phi) is 2.62. The van der Waals surface area contributed by atoms with E-state index in [1.165, 1.54) is 12.3 Å². The maximum atomic E-state index is 10.4. The zero-order chi connectivity index (χ0) is 9.14. The van der Waals surface area contributed by atoms with Crippen LogP contribution in [0.3, 0.4) is 0 Å². The van der Waals surface area contributed by atoms with E-state index in [9.17, 15) is 4.79 Å². The van der Waals surface area contributed by atoms with Gasteiger partial charge in [0.2, 0.25) is 0 Å². The molecular weight excluding hydrogens is 180 g/mol. The molecule has 0 spiro atoms. The van der Waals surface area contributed by atoms with E-state index in [0.717, 1.165) is 0 Å². The second kappa shape index (κ2) is 3.51. The lowest BCUT2D eigenvalue weighted by atomic mass is 10.2. The van der Waals surface area contributed by atoms with Gasteiger partial charge in [-0.15, -0.1) is 0 Å². The lowest BCUT2D eigenvalue weighted by Gasteiger charge is -1.99. The number of aromatic nitrogens is 1. The third-order valence-corrected chi connectivity index (χ3v) is 1.68. The Hall–Kier alpha value is -1.13. The molecule has 0 radical (unpaired) electrons. The van der Waals surface area contributed by atoms with E-state index in [-0.39, 0.29) is 17.1 Å². The predicted molar refractivity (Wildman–Crippen MR) is 44.1 cm³/mol. The number of hydrogen-bond acceptors (Lipinski definition) is 3. The Morgan fingerprint density at radius 3 is 2.83 bits per heavy atom. The van der Waals surface area contributed by atoms with Gasteiger partial charge in [-0.3, -0.25) is 4.98 Å². The summed E-state index contributed by atoms with van der Waals surface area (Å²) in [6, 6.07) is 1.33. The molecule has 0 aliphatic carbocycles. The van der Waals surface area contributed by atoms with Crippen LogP contribution in [0.1, 0.15) is 16.1 Å². The predicted octanol–water partition coefficient (Wildman–Crippen LogP) is 0.892. The molecule has 0 amide bonds. The molecule has 1 heterocycles. The van der Waals surface area contributed by atoms with Crippen molar-refractivity contribution in [1.82, 2.24) is 4.98 Å². The molecule has 0 fully saturated rings. The fraction of sp³-hybridized carbons (Fsp3) is 0.143. The second-order valence-corrected chi connectivity index (χ2v) is 2.57. The van der Waals surface area contributed by atoms with Crippen molar-refractivity contribution in [3.63, 3.8) is 0 Å². The number of nitrogens with two attached hydrogens (primary N) is 1. The van der Waals surface area contributed by atoms with Gasteiger partial charge in [-0.25, -0.2) is 4.79 Å². The third-order valence-electron chi connectivity index (χ3n) is 1.36. The summed E-state index contributed by atoms with van der Waals surface area (Å²) in [6.07, 6.45) is 1.23. The first kappa shape index (κ1) is 8.96. The molecule has 0 saturated carbocycles. The zero-order valence-corrected chi connectivity index (χ0v) is 6.88. The van der Waals surface area contributed by atoms with Crippen LogP contribution in [0, 0.1) is 0 Å². The van der Waals surface area contributed by atoms with Gasteiger partial charge in [0.15, 0.2) is 0 Å². The van der Waals surface area contributed by atoms with E-state index in [1.54, 1.807) is 0 Å². The van der Waals surface area contributed by atoms with Crippen LogP contribution >= 0.6 is 11.6 Å². The number of rotatable bonds is 2. The molecule has 0 saturated heterocycles. The number of hydrogen-bond donors (Lipinski definition) is 2. The molecule has 0 aromatic carbocycles. The molecule has 1 rings (SSSR count). The molecule has 12 heavy (non-hydrogen) atoms. The second-order valence-electron chi connectivity index (χ2n) is 2.16. The summed E-state index contributed by atoms with van der Waals surface area (Å²) in [7, 11) is 0. The van der Waals surface area contributed by atoms with Crippen molar-refractivity contribution in [3.05, 3.63) is 28.5 Å². The summed E-state index contributed by atoms with van der Waals surface area (Å²) in [6.45, 7) is 0.207. The fourth-order valence-electron chi connectivity index (χ4n) is 0.733. The summed E-state index contributed by atoms with van der Waals surface area (Å²) in [5, 5.41) is 8.83. The Morgan fingerprint density at radius 2 is 2.42 bits per heavy atom. The lowest BCUT2D eigenvalue weighted by Crippen LogP contribution is -2.03. The van der Waals surface area contributed by atoms with Crippen LogP contribution in [0.15, 0.2) is 12.3 Å². The average Bonchev–Trinajstić information content (AvgIpc) is 2.04. The molecule has 0 aliphatic heterocycles. The lowest BCUT2D eigenvalue weighted by molar-refractivity contribution is 0.0696. The standard InChI is InChI=1S/C7H7ClN2O2/c8-5-1-4(7(11)12)3-10-6(5)2-9/h1,3H,2,9H2,(H,11,12). The van der Waals surface area contributed by atoms with Gasteiger partial charge < -0.3 is 10.8 Å². The van der Waals surface area contributed by atoms with Crippen LogP contribution in [0.2, 0.25) is 5.02 Å². The van der Waals surface area contributed by atoms with Gasteiger partial charge in [0, 0.05) is 12.7 Å². The molecule has 4 nitrogen and oxygen atoms in total. The molecular formula is C7H7ClN2O2. The van der Waals surface area contributed by atoms with Crippen LogP contribution in [0.5, 0.6) is 0 Å². The summed E-state index contributed by atoms with van der Waals surface area (Å²) in [5.74, 6) is -1.05. The van der Waals surface area contributed by atoms with E-state index < -0.39 is 5.97 Å². The first-order chi connectivity index (χ1) is 5.65. The first-order valence-corrected chi connectivity index (χ1v) is 3.60. The smallest absolute Gasteiger partial charge is 0.337 e. The van der Waals surface area contributed by atoms with Gasteiger partial charge >= 0.3 is 5.97 Å². The highest BCUT2D eigenvalue weighted by Gasteiger charge is 2.06. The van der Waals surface area contributed by atoms with E-state index in [4.69, 9.17) is 22.4 Å². The van der Waals surface area contributed by atoms with Crippen LogP contribution in [-0.4, -0.2) is 16.1 Å². The number of nitrogens with zero attached hydrogens (tertiary/aromatic N) is 1. The Morgan fingerprint density at radius 1 is 1.75 bits per heavy atom. The Bertz CT molecular complexity index is 314. The van der Waals surface area contributed by atoms with Crippen LogP contribution in [-0.2, 0) is 6.54 Å². The van der Waals surface area contributed by atoms with Crippen molar-refractivity contribution in [2.24, 2.45) is 5.73 Å². The molecule has 0 atom stereocenters. The molecule has 3 N–H and O–H groups in total. The molecule has 0 aliphatic rings. The van der Waals surface area contributed by atoms with Crippen molar-refractivity contribution in [2.45, 2.75) is 6.54 Å². The minimum atomic E-state index is -1.05. The van der Waals surface area contributed by atoms with Gasteiger partial charge in [0.05, 0.1) is 16.3 Å². The van der Waals surface area contributed by atoms with Crippen LogP contribution in [0.4, 0.5) is 0 Å². The normalized spacial score (nSPS) is 9.83. The van der Waals surface area contributed by atoms with Crippen LogP contribution in [0.25, 0.3) is 0 Å². The first-order valence-electron chi connectivity index (χ1n) is 3.23. The third kappa shape index (κ3) is 1.72. The van der Waals surface area contributed by atoms with Gasteiger partial charge in [0.1, 0.15) is 0 Å². The highest BCUT2D eigenvalue weighted by atomic mass is 35.5. The summed E-state index contributed by atoms with van der Waals surface area (Å²) < 4.78 is 0. The summed E-state index contributed by atoms with van der Waals surface area (Å²) >= 11 is 5.67. The highest BCUT2D eigenvalue weighted by molar-refractivity contribution is 6.31. The van der Waals surface area contributed by atoms with E-state index in [0.29, 0.717) is 5.69 Å². The van der Waals surface area contributed by atoms with Crippen molar-refractivity contribution < 1.29 is 9.90 Å². The SMILES string of the molecule is NCc1ncc(C(=O)O)cc1Cl. The topological polar surface area (TPSA) is 76.2 Å². The minimum Gasteiger partial charge on any atom is -0.478 e. The average molecular weight is 187 g/mol. The van der Waals surface area contributed by atoms with E-state index in [1.807, 2.05) is 0 Å². The van der Waals surface area contributed by atoms with Gasteiger partial charge in [-0.1, -0.05) is 11.6 Å². The Labute approximate surface area is 74.0 Å². The van der Waals surface area contributed by atoms with Gasteiger partial charge in [-0.2, -0.15) is 0 Å². The number of carboxylic acids is 1. The van der Waals surface area contributed by atoms with Gasteiger partial charge in [-0.05, 0) is 6.07 Å². The van der Waals surface area contributed by atoms with E-state index >= 15 is 0 Å². The number of aromatic carboxylic acids is 1. The zero-order valence-electron chi connectivity index (χ0n) is 6.12. The minimum absolute atomic E-state index is 0.0669. The molecule has 1 aromatic heterocycles. The van der Waals surface area contributed by atoms with Crippen molar-refractivity contribution in [2.75, 3.05) is 0 Å². The Balaban J connectivity index is 3.10. The largest absolute Gasteiger partial charge is 0.478 e. The number of halogens is 1. The summed E-state index contributed by atoms with van der Waals surface area (Å²) in [5.41, 5.74) is 5.85. The van der Waals surface area contributed by atoms with Crippen molar-refractivity contribution in [3.8, 4) is 0 Å². The highest BCUT2D eigenvalue weighted by Crippen LogP contribution is 2.14. The quantitative estimate of drug-likeness (QED) is 0.719. The molecule has 0 bridgehead atoms. The molecule has 1 aromatic rings. The van der Waals surface area contributed by atoms with Crippen LogP contribution < -0.4 is 5.73 Å². The summed E-state index contributed by atoms with van der Waals surface area (Å²) in [4.78, 5) is 14.2. The molecule has 64 valence electrons. The van der Waals surface area contributed by atoms with E-state index in [2.05, 4.69) is 4.98 Å². The van der Waals surface area contributed by atoms with Crippen molar-refractivity contribution >= 4 is 17.6 Å². The fourth-order valence-corrected chi connectivity index (χ4v) is 0.977. The number of carboxylic acid groups (broad SMARTS) is 1. The molecule has 5 heteroatoms. The number of pyridine rings is 1. The van der Waals surface area contributed by atoms with Gasteiger partial charge in [0.25, 0.3) is 0 Å². The number of carbonyl (C=O) groups is 1. The van der Waals surface area contributed by atoms with Crippen molar-refractivity contribution in [1.29, 1.82) is 0 Å². The maximum Gasteiger partial charge on any atom is 0.337 e.